The van der Waals surface area contributed by atoms with Crippen LogP contribution in [0, 0.1) is 0 Å². The molecule has 19 heavy (non-hydrogen) atoms. The summed E-state index contributed by atoms with van der Waals surface area (Å²) in [5.41, 5.74) is 7.40. The predicted molar refractivity (Wildman–Crippen MR) is 67.6 cm³/mol. The van der Waals surface area contributed by atoms with Gasteiger partial charge in [0.1, 0.15) is 5.76 Å². The zero-order chi connectivity index (χ0) is 13.8. The van der Waals surface area contributed by atoms with Gasteiger partial charge in [0.05, 0.1) is 12.6 Å². The molecular formula is C12H18N4O3. The van der Waals surface area contributed by atoms with Crippen LogP contribution in [-0.4, -0.2) is 29.3 Å². The Kier molecular flexibility index (Phi) is 4.18. The van der Waals surface area contributed by atoms with E-state index < -0.39 is 5.91 Å². The molecule has 0 spiro atoms. The lowest BCUT2D eigenvalue weighted by Crippen LogP contribution is -2.47. The summed E-state index contributed by atoms with van der Waals surface area (Å²) >= 11 is 0. The number of furan rings is 1. The maximum Gasteiger partial charge on any atom is 0.300 e. The number of hydrogen-bond acceptors (Lipinski definition) is 5. The highest BCUT2D eigenvalue weighted by Gasteiger charge is 2.27. The number of rotatable bonds is 4. The van der Waals surface area contributed by atoms with Gasteiger partial charge in [0.2, 0.25) is 5.91 Å². The van der Waals surface area contributed by atoms with E-state index in [2.05, 4.69) is 0 Å². The minimum Gasteiger partial charge on any atom is -0.455 e. The van der Waals surface area contributed by atoms with E-state index in [0.717, 1.165) is 25.8 Å². The van der Waals surface area contributed by atoms with Crippen LogP contribution in [0.25, 0.3) is 0 Å². The summed E-state index contributed by atoms with van der Waals surface area (Å²) in [4.78, 5) is 24.6. The normalized spacial score (nSPS) is 20.2. The molecule has 104 valence electrons. The fraction of sp³-hybridized carbons (Fsp3) is 0.500. The van der Waals surface area contributed by atoms with Gasteiger partial charge in [-0.25, -0.2) is 5.84 Å². The van der Waals surface area contributed by atoms with Gasteiger partial charge in [0.25, 0.3) is 0 Å². The van der Waals surface area contributed by atoms with Crippen LogP contribution >= 0.6 is 0 Å². The molecule has 1 aliphatic heterocycles. The largest absolute Gasteiger partial charge is 0.455 e. The Hall–Kier alpha value is -1.86. The zero-order valence-corrected chi connectivity index (χ0v) is 10.6. The van der Waals surface area contributed by atoms with Crippen LogP contribution in [0.5, 0.6) is 0 Å². The fourth-order valence-corrected chi connectivity index (χ4v) is 2.36. The minimum atomic E-state index is -0.476. The molecule has 0 aliphatic carbocycles. The zero-order valence-electron chi connectivity index (χ0n) is 10.6. The van der Waals surface area contributed by atoms with Crippen LogP contribution in [0.4, 0.5) is 0 Å². The molecule has 2 amide bonds. The molecule has 1 aromatic heterocycles. The van der Waals surface area contributed by atoms with Crippen molar-refractivity contribution in [3.8, 4) is 0 Å². The highest BCUT2D eigenvalue weighted by Crippen LogP contribution is 2.20. The molecule has 1 aromatic rings. The van der Waals surface area contributed by atoms with E-state index in [1.165, 1.54) is 0 Å². The second-order valence-electron chi connectivity index (χ2n) is 4.62. The summed E-state index contributed by atoms with van der Waals surface area (Å²) < 4.78 is 5.38. The first-order chi connectivity index (χ1) is 9.11. The molecule has 1 saturated heterocycles. The number of nitrogens with two attached hydrogens (primary N) is 2. The highest BCUT2D eigenvalue weighted by atomic mass is 16.4. The second kappa shape index (κ2) is 5.85. The first-order valence-corrected chi connectivity index (χ1v) is 6.25. The van der Waals surface area contributed by atoms with Crippen molar-refractivity contribution in [3.63, 3.8) is 0 Å². The van der Waals surface area contributed by atoms with Crippen molar-refractivity contribution < 1.29 is 14.0 Å². The molecule has 0 aromatic carbocycles. The SMILES string of the molecule is NNC(=O)c1ccc(CN2CCCCC2C(N)=O)o1. The van der Waals surface area contributed by atoms with Gasteiger partial charge in [-0.1, -0.05) is 6.42 Å². The number of piperidine rings is 1. The Balaban J connectivity index is 2.04. The number of nitrogens with one attached hydrogen (secondary N) is 1. The molecule has 1 fully saturated rings. The summed E-state index contributed by atoms with van der Waals surface area (Å²) in [6, 6.07) is 3.00. The van der Waals surface area contributed by atoms with Crippen LogP contribution in [-0.2, 0) is 11.3 Å². The number of amides is 2. The summed E-state index contributed by atoms with van der Waals surface area (Å²) in [5.74, 6) is 5.01. The van der Waals surface area contributed by atoms with Crippen molar-refractivity contribution in [1.82, 2.24) is 10.3 Å². The number of hydrogen-bond donors (Lipinski definition) is 3. The van der Waals surface area contributed by atoms with E-state index in [1.54, 1.807) is 12.1 Å². The molecule has 2 rings (SSSR count). The van der Waals surface area contributed by atoms with Crippen molar-refractivity contribution in [2.75, 3.05) is 6.54 Å². The molecule has 7 heteroatoms. The van der Waals surface area contributed by atoms with Crippen LogP contribution in [0.2, 0.25) is 0 Å². The Bertz CT molecular complexity index is 471. The van der Waals surface area contributed by atoms with Crippen molar-refractivity contribution >= 4 is 11.8 Å². The maximum atomic E-state index is 11.4. The smallest absolute Gasteiger partial charge is 0.300 e. The summed E-state index contributed by atoms with van der Waals surface area (Å²) in [6.07, 6.45) is 2.80. The van der Waals surface area contributed by atoms with Gasteiger partial charge >= 0.3 is 5.91 Å². The third-order valence-corrected chi connectivity index (χ3v) is 3.32. The van der Waals surface area contributed by atoms with Crippen molar-refractivity contribution in [2.45, 2.75) is 31.8 Å². The molecule has 0 radical (unpaired) electrons. The van der Waals surface area contributed by atoms with Crippen molar-refractivity contribution in [1.29, 1.82) is 0 Å². The number of carbonyl (C=O) groups excluding carboxylic acids is 2. The molecule has 5 N–H and O–H groups in total. The molecular weight excluding hydrogens is 248 g/mol. The lowest BCUT2D eigenvalue weighted by Gasteiger charge is -2.32. The number of likely N-dealkylation sites (tertiary alicyclic amines) is 1. The van der Waals surface area contributed by atoms with Gasteiger partial charge in [-0.15, -0.1) is 0 Å². The minimum absolute atomic E-state index is 0.158. The number of primary amides is 1. The van der Waals surface area contributed by atoms with E-state index in [-0.39, 0.29) is 17.7 Å². The van der Waals surface area contributed by atoms with Gasteiger partial charge in [-0.05, 0) is 31.5 Å². The van der Waals surface area contributed by atoms with Crippen LogP contribution in [0.1, 0.15) is 35.6 Å². The van der Waals surface area contributed by atoms with E-state index >= 15 is 0 Å². The van der Waals surface area contributed by atoms with Gasteiger partial charge in [-0.2, -0.15) is 0 Å². The maximum absolute atomic E-state index is 11.4. The molecule has 0 saturated carbocycles. The van der Waals surface area contributed by atoms with E-state index in [9.17, 15) is 9.59 Å². The average Bonchev–Trinajstić information content (AvgIpc) is 2.86. The summed E-state index contributed by atoms with van der Waals surface area (Å²) in [5, 5.41) is 0. The van der Waals surface area contributed by atoms with Gasteiger partial charge in [-0.3, -0.25) is 19.9 Å². The lowest BCUT2D eigenvalue weighted by atomic mass is 10.0. The van der Waals surface area contributed by atoms with E-state index in [4.69, 9.17) is 16.0 Å². The van der Waals surface area contributed by atoms with Gasteiger partial charge < -0.3 is 10.2 Å². The summed E-state index contributed by atoms with van der Waals surface area (Å²) in [7, 11) is 0. The standard InChI is InChI=1S/C12H18N4O3/c13-11(17)9-3-1-2-6-16(9)7-8-4-5-10(19-8)12(18)15-14/h4-5,9H,1-3,6-7,14H2,(H2,13,17)(H,15,18). The Morgan fingerprint density at radius 3 is 2.89 bits per heavy atom. The quantitative estimate of drug-likeness (QED) is 0.394. The monoisotopic (exact) mass is 266 g/mol. The van der Waals surface area contributed by atoms with Crippen molar-refractivity contribution in [2.24, 2.45) is 11.6 Å². The van der Waals surface area contributed by atoms with E-state index in [1.807, 2.05) is 10.3 Å². The van der Waals surface area contributed by atoms with Crippen LogP contribution in [0.3, 0.4) is 0 Å². The third kappa shape index (κ3) is 3.12. The molecule has 1 unspecified atom stereocenters. The molecule has 2 heterocycles. The third-order valence-electron chi connectivity index (χ3n) is 3.32. The fourth-order valence-electron chi connectivity index (χ4n) is 2.36. The molecule has 1 atom stereocenters. The van der Waals surface area contributed by atoms with Crippen LogP contribution < -0.4 is 17.0 Å². The van der Waals surface area contributed by atoms with Crippen molar-refractivity contribution in [3.05, 3.63) is 23.7 Å². The Labute approximate surface area is 110 Å². The number of carbonyl (C=O) groups is 2. The molecule has 7 nitrogen and oxygen atoms in total. The summed E-state index contributed by atoms with van der Waals surface area (Å²) in [6.45, 7) is 1.26. The number of hydrazine groups is 1. The number of nitrogens with zero attached hydrogens (tertiary/aromatic N) is 1. The van der Waals surface area contributed by atoms with Gasteiger partial charge in [0.15, 0.2) is 5.76 Å². The predicted octanol–water partition coefficient (Wildman–Crippen LogP) is -0.277. The first-order valence-electron chi connectivity index (χ1n) is 6.25. The highest BCUT2D eigenvalue weighted by molar-refractivity contribution is 5.90. The first kappa shape index (κ1) is 13.6. The van der Waals surface area contributed by atoms with Gasteiger partial charge in [0, 0.05) is 0 Å². The molecule has 1 aliphatic rings. The lowest BCUT2D eigenvalue weighted by molar-refractivity contribution is -0.124. The Morgan fingerprint density at radius 1 is 1.42 bits per heavy atom. The average molecular weight is 266 g/mol. The Morgan fingerprint density at radius 2 is 2.21 bits per heavy atom. The van der Waals surface area contributed by atoms with E-state index in [0.29, 0.717) is 12.3 Å². The number of nitrogen functional groups attached to an aromatic ring is 1. The molecule has 0 bridgehead atoms. The topological polar surface area (TPSA) is 115 Å². The van der Waals surface area contributed by atoms with Crippen LogP contribution in [0.15, 0.2) is 16.5 Å². The second-order valence-corrected chi connectivity index (χ2v) is 4.62.